The molecular weight excluding hydrogens is 544 g/mol. The smallest absolute Gasteiger partial charge is 0.334 e. The Kier molecular flexibility index (Phi) is 8.83. The third kappa shape index (κ3) is 6.21. The molecule has 10 heteroatoms. The van der Waals surface area contributed by atoms with Crippen molar-refractivity contribution in [3.8, 4) is 22.5 Å². The number of benzene rings is 2. The number of nitrogens with zero attached hydrogens (tertiary/aromatic N) is 5. The highest BCUT2D eigenvalue weighted by Crippen LogP contribution is 2.31. The summed E-state index contributed by atoms with van der Waals surface area (Å²) in [6, 6.07) is 20.4. The fourth-order valence-electron chi connectivity index (χ4n) is 4.59. The van der Waals surface area contributed by atoms with Gasteiger partial charge in [0.25, 0.3) is 0 Å². The minimum absolute atomic E-state index is 0.377. The van der Waals surface area contributed by atoms with Gasteiger partial charge in [0.05, 0.1) is 12.8 Å². The summed E-state index contributed by atoms with van der Waals surface area (Å²) in [4.78, 5) is 18.5. The summed E-state index contributed by atoms with van der Waals surface area (Å²) in [5.41, 5.74) is 5.33. The largest absolute Gasteiger partial charge is 0.466 e. The van der Waals surface area contributed by atoms with Crippen molar-refractivity contribution in [2.24, 2.45) is 0 Å². The molecule has 204 valence electrons. The standard InChI is InChI=1S/C30H29ClN6O2S/c1-3-4-11-27-32-28(31)26(18-22(30(38)39-2)17-23-8-7-16-40-23)37(27)19-20-12-14-21(15-13-20)24-9-5-6-10-25(24)29-33-35-36-34-29/h5-10,12-16,18H,3-4,11,17,19H2,1-2H3,(H,33,34,35,36)/b22-18+. The number of thiophene rings is 1. The van der Waals surface area contributed by atoms with E-state index in [0.29, 0.717) is 35.2 Å². The van der Waals surface area contributed by atoms with Crippen molar-refractivity contribution in [1.82, 2.24) is 30.2 Å². The van der Waals surface area contributed by atoms with E-state index >= 15 is 0 Å². The normalized spacial score (nSPS) is 11.6. The lowest BCUT2D eigenvalue weighted by atomic mass is 9.98. The van der Waals surface area contributed by atoms with Gasteiger partial charge in [-0.3, -0.25) is 0 Å². The molecule has 0 bridgehead atoms. The predicted octanol–water partition coefficient (Wildman–Crippen LogP) is 6.64. The average Bonchev–Trinajstić information content (AvgIpc) is 3.76. The Hall–Kier alpha value is -4.08. The van der Waals surface area contributed by atoms with Crippen molar-refractivity contribution in [3.63, 3.8) is 0 Å². The number of carbonyl (C=O) groups is 1. The lowest BCUT2D eigenvalue weighted by molar-refractivity contribution is -0.136. The molecule has 0 saturated carbocycles. The first-order chi connectivity index (χ1) is 19.6. The predicted molar refractivity (Wildman–Crippen MR) is 158 cm³/mol. The quantitative estimate of drug-likeness (QED) is 0.141. The Morgan fingerprint density at radius 3 is 2.58 bits per heavy atom. The number of hydrogen-bond donors (Lipinski definition) is 1. The van der Waals surface area contributed by atoms with Crippen molar-refractivity contribution < 1.29 is 9.53 Å². The second-order valence-electron chi connectivity index (χ2n) is 9.30. The molecule has 0 unspecified atom stereocenters. The second-order valence-corrected chi connectivity index (χ2v) is 10.7. The Labute approximate surface area is 241 Å². The summed E-state index contributed by atoms with van der Waals surface area (Å²) in [7, 11) is 1.40. The lowest BCUT2D eigenvalue weighted by Crippen LogP contribution is -2.10. The fraction of sp³-hybridized carbons (Fsp3) is 0.233. The molecule has 3 aromatic heterocycles. The molecule has 0 radical (unpaired) electrons. The molecule has 40 heavy (non-hydrogen) atoms. The molecule has 0 aliphatic heterocycles. The van der Waals surface area contributed by atoms with Crippen LogP contribution in [0.2, 0.25) is 5.15 Å². The summed E-state index contributed by atoms with van der Waals surface area (Å²) in [5, 5.41) is 16.7. The first kappa shape index (κ1) is 27.5. The van der Waals surface area contributed by atoms with Gasteiger partial charge in [0.2, 0.25) is 0 Å². The number of tetrazole rings is 1. The number of aromatic amines is 1. The fourth-order valence-corrected chi connectivity index (χ4v) is 5.57. The van der Waals surface area contributed by atoms with Crippen LogP contribution >= 0.6 is 22.9 Å². The number of imidazole rings is 1. The molecule has 0 spiro atoms. The van der Waals surface area contributed by atoms with Crippen LogP contribution in [0.4, 0.5) is 0 Å². The van der Waals surface area contributed by atoms with E-state index in [0.717, 1.165) is 52.2 Å². The minimum atomic E-state index is -0.377. The van der Waals surface area contributed by atoms with E-state index < -0.39 is 0 Å². The molecule has 0 saturated heterocycles. The highest BCUT2D eigenvalue weighted by Gasteiger charge is 2.19. The minimum Gasteiger partial charge on any atom is -0.466 e. The number of unbranched alkanes of at least 4 members (excludes halogenated alkanes) is 1. The Morgan fingerprint density at radius 2 is 1.90 bits per heavy atom. The van der Waals surface area contributed by atoms with E-state index in [1.807, 2.05) is 41.8 Å². The zero-order valence-corrected chi connectivity index (χ0v) is 23.9. The number of aromatic nitrogens is 6. The van der Waals surface area contributed by atoms with Crippen molar-refractivity contribution in [1.29, 1.82) is 0 Å². The molecule has 5 aromatic rings. The highest BCUT2D eigenvalue weighted by molar-refractivity contribution is 7.09. The molecule has 0 aliphatic carbocycles. The summed E-state index contributed by atoms with van der Waals surface area (Å²) in [6.45, 7) is 2.71. The number of methoxy groups -OCH3 is 1. The van der Waals surface area contributed by atoms with Crippen molar-refractivity contribution in [3.05, 3.63) is 98.7 Å². The maximum Gasteiger partial charge on any atom is 0.334 e. The van der Waals surface area contributed by atoms with Crippen LogP contribution < -0.4 is 0 Å². The number of esters is 1. The first-order valence-corrected chi connectivity index (χ1v) is 14.3. The van der Waals surface area contributed by atoms with Gasteiger partial charge in [0, 0.05) is 35.4 Å². The number of nitrogens with one attached hydrogen (secondary N) is 1. The van der Waals surface area contributed by atoms with Crippen molar-refractivity contribution >= 4 is 35.0 Å². The van der Waals surface area contributed by atoms with E-state index in [1.165, 1.54) is 7.11 Å². The third-order valence-corrected chi connectivity index (χ3v) is 7.79. The molecular formula is C30H29ClN6O2S. The number of halogens is 1. The number of rotatable bonds is 11. The maximum absolute atomic E-state index is 12.7. The van der Waals surface area contributed by atoms with Crippen LogP contribution in [0, 0.1) is 0 Å². The van der Waals surface area contributed by atoms with Crippen LogP contribution in [0.5, 0.6) is 0 Å². The molecule has 0 fully saturated rings. The summed E-state index contributed by atoms with van der Waals surface area (Å²) >= 11 is 8.30. The Bertz CT molecular complexity index is 1590. The Balaban J connectivity index is 1.49. The van der Waals surface area contributed by atoms with E-state index in [-0.39, 0.29) is 5.97 Å². The van der Waals surface area contributed by atoms with Crippen LogP contribution in [-0.2, 0) is 28.9 Å². The van der Waals surface area contributed by atoms with Crippen LogP contribution in [0.25, 0.3) is 28.6 Å². The van der Waals surface area contributed by atoms with E-state index in [1.54, 1.807) is 11.3 Å². The number of aryl methyl sites for hydroxylation is 1. The first-order valence-electron chi connectivity index (χ1n) is 13.1. The van der Waals surface area contributed by atoms with Crippen molar-refractivity contribution in [2.75, 3.05) is 7.11 Å². The molecule has 3 heterocycles. The summed E-state index contributed by atoms with van der Waals surface area (Å²) in [6.07, 6.45) is 5.11. The van der Waals surface area contributed by atoms with Crippen LogP contribution in [0.3, 0.4) is 0 Å². The average molecular weight is 573 g/mol. The van der Waals surface area contributed by atoms with Gasteiger partial charge in [-0.1, -0.05) is 79.5 Å². The maximum atomic E-state index is 12.7. The molecule has 0 amide bonds. The van der Waals surface area contributed by atoms with Crippen LogP contribution in [0.1, 0.15) is 41.7 Å². The highest BCUT2D eigenvalue weighted by atomic mass is 35.5. The molecule has 0 atom stereocenters. The van der Waals surface area contributed by atoms with E-state index in [2.05, 4.69) is 62.4 Å². The van der Waals surface area contributed by atoms with Gasteiger partial charge in [0.1, 0.15) is 5.82 Å². The Morgan fingerprint density at radius 1 is 1.10 bits per heavy atom. The number of H-pyrrole nitrogens is 1. The van der Waals surface area contributed by atoms with E-state index in [4.69, 9.17) is 21.3 Å². The van der Waals surface area contributed by atoms with Gasteiger partial charge in [-0.2, -0.15) is 0 Å². The van der Waals surface area contributed by atoms with E-state index in [9.17, 15) is 4.79 Å². The van der Waals surface area contributed by atoms with Gasteiger partial charge in [-0.15, -0.1) is 16.4 Å². The molecule has 2 aromatic carbocycles. The SMILES string of the molecule is CCCCc1nc(Cl)c(/C=C(\Cc2cccs2)C(=O)OC)n1Cc1ccc(-c2ccccc2-c2nnn[nH]2)cc1. The third-order valence-electron chi connectivity index (χ3n) is 6.63. The molecule has 5 rings (SSSR count). The molecule has 1 N–H and O–H groups in total. The summed E-state index contributed by atoms with van der Waals surface area (Å²) < 4.78 is 7.21. The zero-order valence-electron chi connectivity index (χ0n) is 22.3. The zero-order chi connectivity index (χ0) is 27.9. The van der Waals surface area contributed by atoms with Gasteiger partial charge in [-0.25, -0.2) is 14.9 Å². The molecule has 8 nitrogen and oxygen atoms in total. The van der Waals surface area contributed by atoms with Gasteiger partial charge >= 0.3 is 5.97 Å². The van der Waals surface area contributed by atoms with Gasteiger partial charge in [-0.05, 0) is 51.1 Å². The number of ether oxygens (including phenoxy) is 1. The topological polar surface area (TPSA) is 98.6 Å². The van der Waals surface area contributed by atoms with Crippen molar-refractivity contribution in [2.45, 2.75) is 39.2 Å². The number of hydrogen-bond acceptors (Lipinski definition) is 7. The molecule has 0 aliphatic rings. The van der Waals surface area contributed by atoms with Gasteiger partial charge < -0.3 is 9.30 Å². The monoisotopic (exact) mass is 572 g/mol. The van der Waals surface area contributed by atoms with Gasteiger partial charge in [0.15, 0.2) is 11.0 Å². The van der Waals surface area contributed by atoms with Crippen LogP contribution in [0.15, 0.2) is 71.6 Å². The van der Waals surface area contributed by atoms with Crippen LogP contribution in [-0.4, -0.2) is 43.3 Å². The number of carbonyl (C=O) groups excluding carboxylic acids is 1. The second kappa shape index (κ2) is 12.8. The summed E-state index contributed by atoms with van der Waals surface area (Å²) in [5.74, 6) is 1.14. The lowest BCUT2D eigenvalue weighted by Gasteiger charge is -2.13.